The Bertz CT molecular complexity index is 812. The summed E-state index contributed by atoms with van der Waals surface area (Å²) in [6, 6.07) is 3.43. The molecule has 0 aliphatic carbocycles. The van der Waals surface area contributed by atoms with E-state index >= 15 is 0 Å². The van der Waals surface area contributed by atoms with Crippen molar-refractivity contribution in [1.29, 1.82) is 0 Å². The van der Waals surface area contributed by atoms with Crippen LogP contribution >= 0.6 is 0 Å². The van der Waals surface area contributed by atoms with Gasteiger partial charge in [0.2, 0.25) is 5.95 Å². The number of hydrogen-bond acceptors (Lipinski definition) is 3. The Hall–Kier alpha value is -2.05. The molecule has 7 heteroatoms. The van der Waals surface area contributed by atoms with E-state index in [0.717, 1.165) is 37.9 Å². The lowest BCUT2D eigenvalue weighted by molar-refractivity contribution is -0.137. The molecular formula is C15H14F3N3O. The second-order valence-electron chi connectivity index (χ2n) is 5.90. The van der Waals surface area contributed by atoms with Crippen LogP contribution in [0.25, 0.3) is 10.9 Å². The van der Waals surface area contributed by atoms with Gasteiger partial charge in [0.1, 0.15) is 0 Å². The lowest BCUT2D eigenvalue weighted by Crippen LogP contribution is -2.36. The van der Waals surface area contributed by atoms with E-state index in [9.17, 15) is 18.0 Å². The molecule has 116 valence electrons. The fraction of sp³-hybridized carbons (Fsp3) is 0.467. The molecule has 0 bridgehead atoms. The predicted octanol–water partition coefficient (Wildman–Crippen LogP) is 2.79. The highest BCUT2D eigenvalue weighted by Gasteiger charge is 2.35. The maximum absolute atomic E-state index is 12.8. The summed E-state index contributed by atoms with van der Waals surface area (Å²) in [5.74, 6) is 0.599. The van der Waals surface area contributed by atoms with E-state index in [2.05, 4.69) is 9.88 Å². The van der Waals surface area contributed by atoms with Crippen LogP contribution in [0.2, 0.25) is 0 Å². The maximum Gasteiger partial charge on any atom is 0.416 e. The summed E-state index contributed by atoms with van der Waals surface area (Å²) in [6.07, 6.45) is -1.30. The van der Waals surface area contributed by atoms with Crippen LogP contribution in [-0.4, -0.2) is 22.1 Å². The summed E-state index contributed by atoms with van der Waals surface area (Å²) in [6.45, 7) is 1.37. The van der Waals surface area contributed by atoms with Gasteiger partial charge in [0.15, 0.2) is 0 Å². The van der Waals surface area contributed by atoms with E-state index in [1.807, 2.05) is 0 Å². The minimum absolute atomic E-state index is 0.0402. The Kier molecular flexibility index (Phi) is 2.76. The molecule has 2 aliphatic rings. The SMILES string of the molecule is O=c1c2cc(C(F)(F)F)ccc2nc2n1CC1CCCCN21. The number of aromatic nitrogens is 2. The number of rotatable bonds is 0. The number of anilines is 1. The number of fused-ring (bicyclic) bond motifs is 4. The number of hydrogen-bond donors (Lipinski definition) is 0. The van der Waals surface area contributed by atoms with Gasteiger partial charge >= 0.3 is 6.18 Å². The largest absolute Gasteiger partial charge is 0.416 e. The van der Waals surface area contributed by atoms with Crippen molar-refractivity contribution < 1.29 is 13.2 Å². The Morgan fingerprint density at radius 2 is 2.05 bits per heavy atom. The fourth-order valence-electron chi connectivity index (χ4n) is 3.43. The van der Waals surface area contributed by atoms with Gasteiger partial charge in [-0.05, 0) is 37.5 Å². The van der Waals surface area contributed by atoms with E-state index < -0.39 is 11.7 Å². The molecule has 1 aromatic heterocycles. The molecule has 3 heterocycles. The lowest BCUT2D eigenvalue weighted by atomic mass is 10.0. The number of nitrogens with zero attached hydrogens (tertiary/aromatic N) is 3. The summed E-state index contributed by atoms with van der Waals surface area (Å²) < 4.78 is 40.0. The van der Waals surface area contributed by atoms with E-state index in [0.29, 0.717) is 18.0 Å². The van der Waals surface area contributed by atoms with Gasteiger partial charge < -0.3 is 4.90 Å². The first kappa shape index (κ1) is 13.6. The zero-order valence-corrected chi connectivity index (χ0v) is 11.7. The predicted molar refractivity (Wildman–Crippen MR) is 76.0 cm³/mol. The van der Waals surface area contributed by atoms with Crippen LogP contribution < -0.4 is 10.5 Å². The van der Waals surface area contributed by atoms with Crippen molar-refractivity contribution in [2.45, 2.75) is 38.0 Å². The molecule has 4 rings (SSSR count). The van der Waals surface area contributed by atoms with Crippen LogP contribution in [0.3, 0.4) is 0 Å². The topological polar surface area (TPSA) is 38.1 Å². The second-order valence-corrected chi connectivity index (χ2v) is 5.90. The standard InChI is InChI=1S/C15H14F3N3O/c16-15(17,18)9-4-5-12-11(7-9)13(22)21-8-10-3-1-2-6-20(10)14(21)19-12/h4-5,7,10H,1-3,6,8H2. The molecule has 0 saturated carbocycles. The quantitative estimate of drug-likeness (QED) is 0.751. The zero-order chi connectivity index (χ0) is 15.5. The third kappa shape index (κ3) is 1.91. The third-order valence-corrected chi connectivity index (χ3v) is 4.54. The van der Waals surface area contributed by atoms with Crippen LogP contribution in [0, 0.1) is 0 Å². The second kappa shape index (κ2) is 4.47. The van der Waals surface area contributed by atoms with Gasteiger partial charge in [0.25, 0.3) is 5.56 Å². The third-order valence-electron chi connectivity index (χ3n) is 4.54. The smallest absolute Gasteiger partial charge is 0.337 e. The van der Waals surface area contributed by atoms with Gasteiger partial charge in [-0.15, -0.1) is 0 Å². The van der Waals surface area contributed by atoms with Crippen molar-refractivity contribution in [2.75, 3.05) is 11.4 Å². The lowest BCUT2D eigenvalue weighted by Gasteiger charge is -2.29. The van der Waals surface area contributed by atoms with Gasteiger partial charge in [0.05, 0.1) is 16.5 Å². The molecule has 1 fully saturated rings. The van der Waals surface area contributed by atoms with Gasteiger partial charge in [0, 0.05) is 19.1 Å². The molecule has 1 aromatic carbocycles. The average molecular weight is 309 g/mol. The Balaban J connectivity index is 1.92. The fourth-order valence-corrected chi connectivity index (χ4v) is 3.43. The summed E-state index contributed by atoms with van der Waals surface area (Å²) in [5, 5.41) is 0.0402. The van der Waals surface area contributed by atoms with Crippen molar-refractivity contribution in [3.8, 4) is 0 Å². The first-order valence-electron chi connectivity index (χ1n) is 7.33. The van der Waals surface area contributed by atoms with Gasteiger partial charge in [-0.1, -0.05) is 0 Å². The summed E-state index contributed by atoms with van der Waals surface area (Å²) in [4.78, 5) is 19.1. The van der Waals surface area contributed by atoms with Crippen LogP contribution in [0.15, 0.2) is 23.0 Å². The molecule has 1 saturated heterocycles. The van der Waals surface area contributed by atoms with E-state index in [-0.39, 0.29) is 17.0 Å². The van der Waals surface area contributed by atoms with Crippen LogP contribution in [0.1, 0.15) is 24.8 Å². The van der Waals surface area contributed by atoms with Gasteiger partial charge in [-0.3, -0.25) is 9.36 Å². The number of benzene rings is 1. The normalized spacial score (nSPS) is 21.0. The average Bonchev–Trinajstić information content (AvgIpc) is 2.85. The first-order chi connectivity index (χ1) is 10.4. The molecule has 1 atom stereocenters. The molecular weight excluding hydrogens is 295 g/mol. The van der Waals surface area contributed by atoms with Crippen molar-refractivity contribution >= 4 is 16.9 Å². The van der Waals surface area contributed by atoms with Crippen LogP contribution in [0.4, 0.5) is 19.1 Å². The highest BCUT2D eigenvalue weighted by Crippen LogP contribution is 2.33. The van der Waals surface area contributed by atoms with Crippen LogP contribution in [-0.2, 0) is 12.7 Å². The Labute approximate surface area is 124 Å². The molecule has 0 amide bonds. The van der Waals surface area contributed by atoms with Gasteiger partial charge in [-0.2, -0.15) is 13.2 Å². The highest BCUT2D eigenvalue weighted by molar-refractivity contribution is 5.80. The molecule has 0 spiro atoms. The molecule has 1 unspecified atom stereocenters. The van der Waals surface area contributed by atoms with E-state index in [1.165, 1.54) is 10.6 Å². The minimum Gasteiger partial charge on any atom is -0.337 e. The molecule has 4 nitrogen and oxygen atoms in total. The van der Waals surface area contributed by atoms with Crippen molar-refractivity contribution in [3.63, 3.8) is 0 Å². The number of piperidine rings is 1. The van der Waals surface area contributed by atoms with Crippen LogP contribution in [0.5, 0.6) is 0 Å². The monoisotopic (exact) mass is 309 g/mol. The maximum atomic E-state index is 12.8. The highest BCUT2D eigenvalue weighted by atomic mass is 19.4. The number of halogens is 3. The first-order valence-corrected chi connectivity index (χ1v) is 7.33. The Morgan fingerprint density at radius 3 is 2.82 bits per heavy atom. The van der Waals surface area contributed by atoms with Crippen molar-refractivity contribution in [3.05, 3.63) is 34.1 Å². The van der Waals surface area contributed by atoms with Crippen molar-refractivity contribution in [2.24, 2.45) is 0 Å². The Morgan fingerprint density at radius 1 is 1.23 bits per heavy atom. The van der Waals surface area contributed by atoms with Crippen molar-refractivity contribution in [1.82, 2.24) is 9.55 Å². The van der Waals surface area contributed by atoms with E-state index in [1.54, 1.807) is 0 Å². The minimum atomic E-state index is -4.46. The van der Waals surface area contributed by atoms with E-state index in [4.69, 9.17) is 0 Å². The molecule has 2 aliphatic heterocycles. The molecule has 0 N–H and O–H groups in total. The number of alkyl halides is 3. The van der Waals surface area contributed by atoms with Gasteiger partial charge in [-0.25, -0.2) is 4.98 Å². The summed E-state index contributed by atoms with van der Waals surface area (Å²) in [5.41, 5.74) is -0.855. The molecule has 0 radical (unpaired) electrons. The zero-order valence-electron chi connectivity index (χ0n) is 11.7. The summed E-state index contributed by atoms with van der Waals surface area (Å²) in [7, 11) is 0. The molecule has 22 heavy (non-hydrogen) atoms. The summed E-state index contributed by atoms with van der Waals surface area (Å²) >= 11 is 0. The molecule has 2 aromatic rings.